The van der Waals surface area contributed by atoms with Gasteiger partial charge in [-0.25, -0.2) is 4.79 Å². The van der Waals surface area contributed by atoms with Gasteiger partial charge >= 0.3 is 0 Å². The molecule has 0 aliphatic carbocycles. The summed E-state index contributed by atoms with van der Waals surface area (Å²) in [6, 6.07) is 1.63. The van der Waals surface area contributed by atoms with Crippen molar-refractivity contribution in [1.82, 2.24) is 0 Å². The molecule has 0 atom stereocenters. The van der Waals surface area contributed by atoms with Gasteiger partial charge in [0.25, 0.3) is 0 Å². The van der Waals surface area contributed by atoms with Crippen molar-refractivity contribution in [2.45, 2.75) is 6.54 Å². The quantitative estimate of drug-likeness (QED) is 0.462. The maximum Gasteiger partial charge on any atom is 0.187 e. The van der Waals surface area contributed by atoms with Crippen LogP contribution in [0.1, 0.15) is 0 Å². The lowest BCUT2D eigenvalue weighted by Gasteiger charge is -1.92. The normalized spacial score (nSPS) is 8.46. The van der Waals surface area contributed by atoms with E-state index in [0.29, 0.717) is 16.6 Å². The zero-order valence-electron chi connectivity index (χ0n) is 6.51. The van der Waals surface area contributed by atoms with Gasteiger partial charge in [0.2, 0.25) is 0 Å². The van der Waals surface area contributed by atoms with Gasteiger partial charge in [0.15, 0.2) is 18.9 Å². The number of aromatic nitrogens is 1. The van der Waals surface area contributed by atoms with Crippen molar-refractivity contribution < 1.29 is 21.8 Å². The summed E-state index contributed by atoms with van der Waals surface area (Å²) in [5, 5.41) is 1.09. The summed E-state index contributed by atoms with van der Waals surface area (Å²) in [7, 11) is 0. The second kappa shape index (κ2) is 6.01. The molecule has 1 aromatic heterocycles. The van der Waals surface area contributed by atoms with E-state index in [1.165, 1.54) is 6.08 Å². The zero-order valence-corrected chi connectivity index (χ0v) is 8.77. The zero-order chi connectivity index (χ0) is 8.97. The van der Waals surface area contributed by atoms with E-state index < -0.39 is 0 Å². The molecule has 0 fully saturated rings. The molecule has 0 N–H and O–H groups in total. The minimum atomic E-state index is 0. The van der Waals surface area contributed by atoms with Gasteiger partial charge < -0.3 is 12.4 Å². The van der Waals surface area contributed by atoms with Crippen LogP contribution in [0.4, 0.5) is 0 Å². The highest BCUT2D eigenvalue weighted by Gasteiger charge is 2.02. The van der Waals surface area contributed by atoms with E-state index in [0.717, 1.165) is 0 Å². The smallest absolute Gasteiger partial charge is 0.187 e. The summed E-state index contributed by atoms with van der Waals surface area (Å²) >= 11 is 11.4. The predicted molar refractivity (Wildman–Crippen MR) is 46.9 cm³/mol. The van der Waals surface area contributed by atoms with Gasteiger partial charge in [0.1, 0.15) is 16.0 Å². The topological polar surface area (TPSA) is 20.9 Å². The third-order valence-electron chi connectivity index (χ3n) is 1.24. The van der Waals surface area contributed by atoms with Gasteiger partial charge in [-0.05, 0) is 6.07 Å². The molecule has 2 nitrogen and oxygen atoms in total. The number of rotatable bonds is 2. The van der Waals surface area contributed by atoms with Gasteiger partial charge in [-0.2, -0.15) is 4.57 Å². The third kappa shape index (κ3) is 4.30. The SMILES string of the molecule is O=C=CC[n+]1cc(Cl)cc(Cl)c1.[Cl-]. The first-order valence-corrected chi connectivity index (χ1v) is 4.02. The van der Waals surface area contributed by atoms with Gasteiger partial charge in [0.05, 0.1) is 6.08 Å². The summed E-state index contributed by atoms with van der Waals surface area (Å²) in [5.41, 5.74) is 0. The van der Waals surface area contributed by atoms with E-state index in [1.807, 2.05) is 0 Å². The third-order valence-corrected chi connectivity index (χ3v) is 1.65. The Balaban J connectivity index is 0.00000144. The van der Waals surface area contributed by atoms with Crippen LogP contribution in [0.2, 0.25) is 10.0 Å². The second-order valence-corrected chi connectivity index (χ2v) is 3.06. The van der Waals surface area contributed by atoms with Crippen LogP contribution < -0.4 is 17.0 Å². The number of hydrogen-bond donors (Lipinski definition) is 0. The van der Waals surface area contributed by atoms with Crippen molar-refractivity contribution in [1.29, 1.82) is 0 Å². The highest BCUT2D eigenvalue weighted by atomic mass is 35.5. The molecule has 0 aliphatic rings. The Morgan fingerprint density at radius 2 is 1.92 bits per heavy atom. The van der Waals surface area contributed by atoms with E-state index in [1.54, 1.807) is 29.0 Å². The minimum Gasteiger partial charge on any atom is -1.00 e. The van der Waals surface area contributed by atoms with Crippen molar-refractivity contribution in [2.24, 2.45) is 0 Å². The fourth-order valence-electron chi connectivity index (χ4n) is 0.808. The Morgan fingerprint density at radius 3 is 2.38 bits per heavy atom. The maximum atomic E-state index is 9.89. The lowest BCUT2D eigenvalue weighted by Crippen LogP contribution is -3.00. The number of pyridine rings is 1. The van der Waals surface area contributed by atoms with Crippen LogP contribution >= 0.6 is 23.2 Å². The molecule has 0 unspecified atom stereocenters. The molecule has 0 saturated carbocycles. The van der Waals surface area contributed by atoms with Crippen LogP contribution in [0.5, 0.6) is 0 Å². The highest BCUT2D eigenvalue weighted by molar-refractivity contribution is 6.34. The molecule has 5 heteroatoms. The molecule has 0 bridgehead atoms. The standard InChI is InChI=1S/C8H6Cl2NO.ClH/c9-7-4-8(10)6-11(5-7)2-1-3-12;/h1,4-6H,2H2;1H/q+1;/p-1. The first-order chi connectivity index (χ1) is 5.72. The number of hydrogen-bond acceptors (Lipinski definition) is 1. The van der Waals surface area contributed by atoms with Crippen molar-refractivity contribution in [3.05, 3.63) is 34.6 Å². The highest BCUT2D eigenvalue weighted by Crippen LogP contribution is 2.11. The van der Waals surface area contributed by atoms with Crippen LogP contribution in [0.15, 0.2) is 24.5 Å². The summed E-state index contributed by atoms with van der Waals surface area (Å²) in [6.45, 7) is 0.434. The lowest BCUT2D eigenvalue weighted by molar-refractivity contribution is -0.686. The molecule has 0 spiro atoms. The first kappa shape index (κ1) is 12.5. The van der Waals surface area contributed by atoms with Crippen molar-refractivity contribution in [2.75, 3.05) is 0 Å². The Hall–Kier alpha value is -0.530. The van der Waals surface area contributed by atoms with Gasteiger partial charge in [-0.15, -0.1) is 0 Å². The summed E-state index contributed by atoms with van der Waals surface area (Å²) in [6.07, 6.45) is 4.72. The average molecular weight is 239 g/mol. The van der Waals surface area contributed by atoms with Crippen molar-refractivity contribution >= 4 is 29.1 Å². The van der Waals surface area contributed by atoms with Crippen molar-refractivity contribution in [3.8, 4) is 0 Å². The van der Waals surface area contributed by atoms with Crippen LogP contribution in [0, 0.1) is 0 Å². The molecule has 0 saturated heterocycles. The van der Waals surface area contributed by atoms with Crippen LogP contribution in [-0.2, 0) is 11.3 Å². The molecule has 1 heterocycles. The molecule has 1 aromatic rings. The van der Waals surface area contributed by atoms with E-state index in [4.69, 9.17) is 23.2 Å². The number of carbonyl (C=O) groups excluding carboxylic acids is 1. The Kier molecular flexibility index (Phi) is 5.76. The van der Waals surface area contributed by atoms with Gasteiger partial charge in [-0.1, -0.05) is 23.2 Å². The first-order valence-electron chi connectivity index (χ1n) is 3.27. The summed E-state index contributed by atoms with van der Waals surface area (Å²) in [4.78, 5) is 9.89. The maximum absolute atomic E-state index is 9.89. The van der Waals surface area contributed by atoms with E-state index in [9.17, 15) is 4.79 Å². The van der Waals surface area contributed by atoms with Gasteiger partial charge in [0, 0.05) is 0 Å². The molecule has 0 amide bonds. The lowest BCUT2D eigenvalue weighted by atomic mass is 10.4. The number of nitrogens with zero attached hydrogens (tertiary/aromatic N) is 1. The number of halogens is 3. The van der Waals surface area contributed by atoms with Gasteiger partial charge in [-0.3, -0.25) is 0 Å². The Labute approximate surface area is 92.2 Å². The second-order valence-electron chi connectivity index (χ2n) is 2.19. The molecule has 1 rings (SSSR count). The fraction of sp³-hybridized carbons (Fsp3) is 0.125. The fourth-order valence-corrected chi connectivity index (χ4v) is 1.35. The molecule has 0 aromatic carbocycles. The molecular formula is C8H6Cl3NO. The molecule has 13 heavy (non-hydrogen) atoms. The van der Waals surface area contributed by atoms with E-state index in [-0.39, 0.29) is 12.4 Å². The van der Waals surface area contributed by atoms with Crippen LogP contribution in [0.3, 0.4) is 0 Å². The number of allylic oxidation sites excluding steroid dienone is 1. The minimum absolute atomic E-state index is 0. The summed E-state index contributed by atoms with van der Waals surface area (Å²) < 4.78 is 1.70. The molecule has 70 valence electrons. The molecule has 0 aliphatic heterocycles. The van der Waals surface area contributed by atoms with Crippen LogP contribution in [-0.4, -0.2) is 5.94 Å². The Morgan fingerprint density at radius 1 is 1.38 bits per heavy atom. The summed E-state index contributed by atoms with van der Waals surface area (Å²) in [5.74, 6) is 1.67. The predicted octanol–water partition coefficient (Wildman–Crippen LogP) is -1.33. The van der Waals surface area contributed by atoms with E-state index >= 15 is 0 Å². The van der Waals surface area contributed by atoms with Crippen LogP contribution in [0.25, 0.3) is 0 Å². The average Bonchev–Trinajstić information content (AvgIpc) is 1.99. The molecule has 0 radical (unpaired) electrons. The largest absolute Gasteiger partial charge is 1.00 e. The van der Waals surface area contributed by atoms with Crippen molar-refractivity contribution in [3.63, 3.8) is 0 Å². The molecular weight excluding hydrogens is 232 g/mol. The monoisotopic (exact) mass is 237 g/mol. The van der Waals surface area contributed by atoms with E-state index in [2.05, 4.69) is 0 Å². The Bertz CT molecular complexity index is 314.